The van der Waals surface area contributed by atoms with Crippen molar-refractivity contribution in [2.75, 3.05) is 12.8 Å². The van der Waals surface area contributed by atoms with Crippen LogP contribution in [0.25, 0.3) is 0 Å². The van der Waals surface area contributed by atoms with Gasteiger partial charge in [0.2, 0.25) is 0 Å². The maximum atomic E-state index is 11.5. The molecule has 0 aliphatic carbocycles. The van der Waals surface area contributed by atoms with Crippen LogP contribution in [0.3, 0.4) is 0 Å². The van der Waals surface area contributed by atoms with Crippen LogP contribution in [0.15, 0.2) is 12.1 Å². The quantitative estimate of drug-likeness (QED) is 0.640. The molecule has 0 unspecified atom stereocenters. The van der Waals surface area contributed by atoms with Crippen LogP contribution in [0.4, 0.5) is 5.69 Å². The van der Waals surface area contributed by atoms with E-state index in [4.69, 9.17) is 17.3 Å². The molecule has 0 fully saturated rings. The molecule has 0 aromatic heterocycles. The maximum Gasteiger partial charge on any atom is 0.254 e. The van der Waals surface area contributed by atoms with Crippen molar-refractivity contribution in [2.45, 2.75) is 6.54 Å². The van der Waals surface area contributed by atoms with Crippen LogP contribution in [0, 0.1) is 0 Å². The van der Waals surface area contributed by atoms with Crippen LogP contribution in [-0.2, 0) is 6.54 Å². The van der Waals surface area contributed by atoms with E-state index in [1.165, 1.54) is 0 Å². The van der Waals surface area contributed by atoms with Crippen molar-refractivity contribution < 1.29 is 4.79 Å². The molecule has 4 heteroatoms. The third-order valence-corrected chi connectivity index (χ3v) is 2.53. The van der Waals surface area contributed by atoms with Crippen LogP contribution in [0.2, 0.25) is 5.02 Å². The summed E-state index contributed by atoms with van der Waals surface area (Å²) in [4.78, 5) is 13.1. The van der Waals surface area contributed by atoms with E-state index in [0.717, 1.165) is 5.56 Å². The van der Waals surface area contributed by atoms with Crippen LogP contribution < -0.4 is 5.73 Å². The number of halogens is 1. The summed E-state index contributed by atoms with van der Waals surface area (Å²) in [6, 6.07) is 3.40. The van der Waals surface area contributed by atoms with Crippen LogP contribution in [-0.4, -0.2) is 17.9 Å². The van der Waals surface area contributed by atoms with Gasteiger partial charge in [0.05, 0.1) is 10.7 Å². The zero-order valence-electron chi connectivity index (χ0n) is 7.17. The zero-order valence-corrected chi connectivity index (χ0v) is 7.93. The first kappa shape index (κ1) is 8.38. The fourth-order valence-electron chi connectivity index (χ4n) is 1.50. The van der Waals surface area contributed by atoms with Gasteiger partial charge in [0, 0.05) is 19.2 Å². The summed E-state index contributed by atoms with van der Waals surface area (Å²) in [5.41, 5.74) is 7.77. The molecule has 3 nitrogen and oxygen atoms in total. The molecule has 1 aliphatic heterocycles. The number of nitrogen functional groups attached to an aromatic ring is 1. The van der Waals surface area contributed by atoms with Gasteiger partial charge in [-0.25, -0.2) is 0 Å². The molecule has 0 saturated carbocycles. The second-order valence-corrected chi connectivity index (χ2v) is 3.60. The van der Waals surface area contributed by atoms with E-state index in [0.29, 0.717) is 22.8 Å². The Morgan fingerprint density at radius 3 is 2.92 bits per heavy atom. The predicted molar refractivity (Wildman–Crippen MR) is 51.7 cm³/mol. The van der Waals surface area contributed by atoms with Crippen LogP contribution >= 0.6 is 11.6 Å². The van der Waals surface area contributed by atoms with E-state index >= 15 is 0 Å². The summed E-state index contributed by atoms with van der Waals surface area (Å²) in [5.74, 6) is 0.0110. The predicted octanol–water partition coefficient (Wildman–Crippen LogP) is 1.51. The molecule has 2 N–H and O–H groups in total. The highest BCUT2D eigenvalue weighted by Gasteiger charge is 2.25. The van der Waals surface area contributed by atoms with Gasteiger partial charge in [0.25, 0.3) is 5.91 Å². The molecule has 2 rings (SSSR count). The van der Waals surface area contributed by atoms with E-state index in [-0.39, 0.29) is 5.91 Å². The number of benzene rings is 1. The largest absolute Gasteiger partial charge is 0.398 e. The molecule has 0 spiro atoms. The number of amides is 1. The van der Waals surface area contributed by atoms with Gasteiger partial charge in [0.15, 0.2) is 0 Å². The molecule has 0 radical (unpaired) electrons. The lowest BCUT2D eigenvalue weighted by Gasteiger charge is -2.04. The zero-order chi connectivity index (χ0) is 9.59. The van der Waals surface area contributed by atoms with Crippen molar-refractivity contribution in [1.82, 2.24) is 4.90 Å². The number of rotatable bonds is 0. The number of carbonyl (C=O) groups is 1. The van der Waals surface area contributed by atoms with Crippen molar-refractivity contribution in [3.05, 3.63) is 28.3 Å². The number of hydrogen-bond acceptors (Lipinski definition) is 2. The fourth-order valence-corrected chi connectivity index (χ4v) is 1.66. The Hall–Kier alpha value is -1.22. The van der Waals surface area contributed by atoms with Gasteiger partial charge < -0.3 is 10.6 Å². The minimum absolute atomic E-state index is 0.0110. The lowest BCUT2D eigenvalue weighted by atomic mass is 10.1. The number of nitrogens with two attached hydrogens (primary N) is 1. The van der Waals surface area contributed by atoms with Crippen molar-refractivity contribution in [3.8, 4) is 0 Å². The number of anilines is 1. The molecular formula is C9H9ClN2O. The third-order valence-electron chi connectivity index (χ3n) is 2.21. The van der Waals surface area contributed by atoms with Gasteiger partial charge in [-0.15, -0.1) is 0 Å². The number of fused-ring (bicyclic) bond motifs is 1. The minimum Gasteiger partial charge on any atom is -0.398 e. The summed E-state index contributed by atoms with van der Waals surface area (Å²) in [7, 11) is 1.76. The summed E-state index contributed by atoms with van der Waals surface area (Å²) in [6.45, 7) is 0.621. The Morgan fingerprint density at radius 1 is 1.54 bits per heavy atom. The first-order valence-corrected chi connectivity index (χ1v) is 4.31. The van der Waals surface area contributed by atoms with Crippen molar-refractivity contribution in [3.63, 3.8) is 0 Å². The molecule has 1 heterocycles. The Kier molecular flexibility index (Phi) is 1.70. The molecule has 1 amide bonds. The first-order valence-electron chi connectivity index (χ1n) is 3.93. The van der Waals surface area contributed by atoms with Crippen molar-refractivity contribution in [2.24, 2.45) is 0 Å². The summed E-state index contributed by atoms with van der Waals surface area (Å²) < 4.78 is 0. The summed E-state index contributed by atoms with van der Waals surface area (Å²) in [5, 5.41) is 0.447. The van der Waals surface area contributed by atoms with Crippen LogP contribution in [0.5, 0.6) is 0 Å². The van der Waals surface area contributed by atoms with E-state index in [1.807, 2.05) is 0 Å². The highest BCUT2D eigenvalue weighted by Crippen LogP contribution is 2.29. The average molecular weight is 197 g/mol. The number of carbonyl (C=O) groups excluding carboxylic acids is 1. The molecule has 13 heavy (non-hydrogen) atoms. The Morgan fingerprint density at radius 2 is 2.23 bits per heavy atom. The fraction of sp³-hybridized carbons (Fsp3) is 0.222. The lowest BCUT2D eigenvalue weighted by molar-refractivity contribution is 0.0816. The molecular weight excluding hydrogens is 188 g/mol. The SMILES string of the molecule is CN1Cc2cc(N)c(Cl)cc2C1=O. The smallest absolute Gasteiger partial charge is 0.254 e. The summed E-state index contributed by atoms with van der Waals surface area (Å²) in [6.07, 6.45) is 0. The normalized spacial score (nSPS) is 14.9. The molecule has 0 saturated heterocycles. The topological polar surface area (TPSA) is 46.3 Å². The molecule has 0 atom stereocenters. The highest BCUT2D eigenvalue weighted by atomic mass is 35.5. The standard InChI is InChI=1S/C9H9ClN2O/c1-12-4-5-2-8(11)7(10)3-6(5)9(12)13/h2-3H,4,11H2,1H3. The van der Waals surface area contributed by atoms with Gasteiger partial charge in [0.1, 0.15) is 0 Å². The van der Waals surface area contributed by atoms with Crippen molar-refractivity contribution >= 4 is 23.2 Å². The Bertz CT molecular complexity index is 389. The van der Waals surface area contributed by atoms with E-state index in [2.05, 4.69) is 0 Å². The van der Waals surface area contributed by atoms with Gasteiger partial charge in [-0.3, -0.25) is 4.79 Å². The second-order valence-electron chi connectivity index (χ2n) is 3.19. The van der Waals surface area contributed by atoms with Gasteiger partial charge >= 0.3 is 0 Å². The molecule has 0 bridgehead atoms. The highest BCUT2D eigenvalue weighted by molar-refractivity contribution is 6.33. The van der Waals surface area contributed by atoms with Crippen LogP contribution in [0.1, 0.15) is 15.9 Å². The third kappa shape index (κ3) is 1.16. The van der Waals surface area contributed by atoms with E-state index in [1.54, 1.807) is 24.1 Å². The monoisotopic (exact) mass is 196 g/mol. The molecule has 68 valence electrons. The Labute approximate surface area is 81.1 Å². The van der Waals surface area contributed by atoms with E-state index < -0.39 is 0 Å². The molecule has 1 aromatic carbocycles. The summed E-state index contributed by atoms with van der Waals surface area (Å²) >= 11 is 5.81. The number of hydrogen-bond donors (Lipinski definition) is 1. The van der Waals surface area contributed by atoms with Gasteiger partial charge in [-0.05, 0) is 17.7 Å². The second kappa shape index (κ2) is 2.64. The number of nitrogens with zero attached hydrogens (tertiary/aromatic N) is 1. The lowest BCUT2D eigenvalue weighted by Crippen LogP contribution is -2.17. The average Bonchev–Trinajstić information content (AvgIpc) is 2.32. The first-order chi connectivity index (χ1) is 6.09. The van der Waals surface area contributed by atoms with Gasteiger partial charge in [-0.1, -0.05) is 11.6 Å². The van der Waals surface area contributed by atoms with Crippen molar-refractivity contribution in [1.29, 1.82) is 0 Å². The van der Waals surface area contributed by atoms with E-state index in [9.17, 15) is 4.79 Å². The molecule has 1 aromatic rings. The minimum atomic E-state index is 0.0110. The van der Waals surface area contributed by atoms with Gasteiger partial charge in [-0.2, -0.15) is 0 Å². The Balaban J connectivity index is 2.59. The molecule has 1 aliphatic rings. The maximum absolute atomic E-state index is 11.5.